The van der Waals surface area contributed by atoms with Crippen LogP contribution < -0.4 is 0 Å². The van der Waals surface area contributed by atoms with Gasteiger partial charge < -0.3 is 9.64 Å². The Morgan fingerprint density at radius 2 is 1.64 bits per heavy atom. The summed E-state index contributed by atoms with van der Waals surface area (Å²) in [5, 5.41) is 4.20. The Bertz CT molecular complexity index is 922. The largest absolute Gasteiger partial charge is 0.449 e. The van der Waals surface area contributed by atoms with Gasteiger partial charge in [0.1, 0.15) is 0 Å². The molecule has 3 aromatic rings. The molecule has 1 aromatic heterocycles. The molecule has 1 amide bonds. The average Bonchev–Trinajstić information content (AvgIpc) is 3.17. The number of amides is 1. The molecule has 6 heteroatoms. The van der Waals surface area contributed by atoms with Gasteiger partial charge in [0.05, 0.1) is 18.3 Å². The van der Waals surface area contributed by atoms with Crippen molar-refractivity contribution in [1.29, 1.82) is 0 Å². The second-order valence-corrected chi connectivity index (χ2v) is 6.64. The van der Waals surface area contributed by atoms with Gasteiger partial charge >= 0.3 is 5.97 Å². The van der Waals surface area contributed by atoms with E-state index in [4.69, 9.17) is 4.74 Å². The molecule has 0 spiro atoms. The number of aromatic nitrogens is 2. The first kappa shape index (κ1) is 19.4. The number of nitrogens with zero attached hydrogens (tertiary/aromatic N) is 3. The van der Waals surface area contributed by atoms with Crippen molar-refractivity contribution in [2.24, 2.45) is 0 Å². The minimum absolute atomic E-state index is 0.256. The highest BCUT2D eigenvalue weighted by molar-refractivity contribution is 5.91. The summed E-state index contributed by atoms with van der Waals surface area (Å²) in [5.74, 6) is -0.817. The number of hydrogen-bond donors (Lipinski definition) is 0. The molecule has 144 valence electrons. The van der Waals surface area contributed by atoms with Gasteiger partial charge in [0, 0.05) is 19.8 Å². The molecule has 1 unspecified atom stereocenters. The molecule has 1 atom stereocenters. The topological polar surface area (TPSA) is 64.4 Å². The maximum atomic E-state index is 12.5. The van der Waals surface area contributed by atoms with Crippen LogP contribution in [0.25, 0.3) is 0 Å². The Morgan fingerprint density at radius 3 is 2.29 bits per heavy atom. The van der Waals surface area contributed by atoms with Crippen LogP contribution in [0, 0.1) is 0 Å². The van der Waals surface area contributed by atoms with E-state index in [1.165, 1.54) is 6.20 Å². The number of hydrogen-bond acceptors (Lipinski definition) is 4. The zero-order chi connectivity index (χ0) is 19.9. The summed E-state index contributed by atoms with van der Waals surface area (Å²) in [6.07, 6.45) is 2.20. The highest BCUT2D eigenvalue weighted by Crippen LogP contribution is 2.09. The lowest BCUT2D eigenvalue weighted by Crippen LogP contribution is -2.37. The molecule has 0 aliphatic rings. The standard InChI is InChI=1S/C22H23N3O3/c1-17(21(26)24(2)14-18-9-5-3-6-10-18)28-22(27)20-13-23-25(16-20)15-19-11-7-4-8-12-19/h3-13,16-17H,14-15H2,1-2H3. The Morgan fingerprint density at radius 1 is 1.04 bits per heavy atom. The lowest BCUT2D eigenvalue weighted by atomic mass is 10.2. The van der Waals surface area contributed by atoms with Gasteiger partial charge in [0.15, 0.2) is 6.10 Å². The maximum absolute atomic E-state index is 12.5. The second-order valence-electron chi connectivity index (χ2n) is 6.64. The fourth-order valence-corrected chi connectivity index (χ4v) is 2.85. The minimum Gasteiger partial charge on any atom is -0.449 e. The van der Waals surface area contributed by atoms with Gasteiger partial charge in [-0.05, 0) is 18.1 Å². The van der Waals surface area contributed by atoms with Crippen LogP contribution in [0.2, 0.25) is 0 Å². The summed E-state index contributed by atoms with van der Waals surface area (Å²) in [5.41, 5.74) is 2.41. The third-order valence-corrected chi connectivity index (χ3v) is 4.33. The first-order valence-corrected chi connectivity index (χ1v) is 9.09. The first-order valence-electron chi connectivity index (χ1n) is 9.09. The van der Waals surface area contributed by atoms with Crippen molar-refractivity contribution >= 4 is 11.9 Å². The van der Waals surface area contributed by atoms with Crippen molar-refractivity contribution in [2.75, 3.05) is 7.05 Å². The van der Waals surface area contributed by atoms with Crippen LogP contribution in [0.4, 0.5) is 0 Å². The van der Waals surface area contributed by atoms with Crippen LogP contribution in [0.15, 0.2) is 73.1 Å². The molecule has 0 radical (unpaired) electrons. The molecule has 2 aromatic carbocycles. The molecule has 3 rings (SSSR count). The van der Waals surface area contributed by atoms with Crippen LogP contribution in [0.1, 0.15) is 28.4 Å². The number of ether oxygens (including phenoxy) is 1. The molecule has 0 saturated carbocycles. The van der Waals surface area contributed by atoms with Crippen LogP contribution in [0.3, 0.4) is 0 Å². The smallest absolute Gasteiger partial charge is 0.342 e. The normalized spacial score (nSPS) is 11.6. The van der Waals surface area contributed by atoms with Gasteiger partial charge in [-0.25, -0.2) is 4.79 Å². The lowest BCUT2D eigenvalue weighted by molar-refractivity contribution is -0.139. The SMILES string of the molecule is CC(OC(=O)c1cnn(Cc2ccccc2)c1)C(=O)N(C)Cc1ccccc1. The number of likely N-dealkylation sites (N-methyl/N-ethyl adjacent to an activating group) is 1. The number of rotatable bonds is 7. The summed E-state index contributed by atoms with van der Waals surface area (Å²) in [6, 6.07) is 19.5. The predicted octanol–water partition coefficient (Wildman–Crippen LogP) is 3.14. The van der Waals surface area contributed by atoms with Crippen molar-refractivity contribution in [3.63, 3.8) is 0 Å². The summed E-state index contributed by atoms with van der Waals surface area (Å²) in [6.45, 7) is 2.59. The monoisotopic (exact) mass is 377 g/mol. The van der Waals surface area contributed by atoms with E-state index in [0.29, 0.717) is 18.7 Å². The van der Waals surface area contributed by atoms with Gasteiger partial charge in [-0.3, -0.25) is 9.48 Å². The highest BCUT2D eigenvalue weighted by atomic mass is 16.5. The van der Waals surface area contributed by atoms with Gasteiger partial charge in [-0.1, -0.05) is 60.7 Å². The van der Waals surface area contributed by atoms with Gasteiger partial charge in [-0.2, -0.15) is 5.10 Å². The van der Waals surface area contributed by atoms with Crippen LogP contribution >= 0.6 is 0 Å². The van der Waals surface area contributed by atoms with Gasteiger partial charge in [0.2, 0.25) is 0 Å². The summed E-state index contributed by atoms with van der Waals surface area (Å²) < 4.78 is 7.00. The molecular weight excluding hydrogens is 354 g/mol. The molecule has 0 bridgehead atoms. The Balaban J connectivity index is 1.55. The van der Waals surface area contributed by atoms with Crippen molar-refractivity contribution in [1.82, 2.24) is 14.7 Å². The third-order valence-electron chi connectivity index (χ3n) is 4.33. The molecule has 0 saturated heterocycles. The zero-order valence-electron chi connectivity index (χ0n) is 16.0. The Kier molecular flexibility index (Phi) is 6.22. The lowest BCUT2D eigenvalue weighted by Gasteiger charge is -2.21. The summed E-state index contributed by atoms with van der Waals surface area (Å²) in [4.78, 5) is 26.4. The first-order chi connectivity index (χ1) is 13.5. The Hall–Kier alpha value is -3.41. The molecule has 0 N–H and O–H groups in total. The average molecular weight is 377 g/mol. The molecule has 0 aliphatic heterocycles. The van der Waals surface area contributed by atoms with E-state index in [1.54, 1.807) is 29.7 Å². The van der Waals surface area contributed by atoms with E-state index in [2.05, 4.69) is 5.10 Å². The van der Waals surface area contributed by atoms with E-state index in [9.17, 15) is 9.59 Å². The minimum atomic E-state index is -0.876. The van der Waals surface area contributed by atoms with Crippen molar-refractivity contribution < 1.29 is 14.3 Å². The number of carbonyl (C=O) groups is 2. The Labute approximate surface area is 164 Å². The fraction of sp³-hybridized carbons (Fsp3) is 0.227. The molecule has 0 fully saturated rings. The van der Waals surface area contributed by atoms with Crippen LogP contribution in [-0.4, -0.2) is 39.7 Å². The quantitative estimate of drug-likeness (QED) is 0.594. The fourth-order valence-electron chi connectivity index (χ4n) is 2.85. The number of esters is 1. The van der Waals surface area contributed by atoms with E-state index in [0.717, 1.165) is 11.1 Å². The third kappa shape index (κ3) is 5.07. The second kappa shape index (κ2) is 8.99. The molecular formula is C22H23N3O3. The predicted molar refractivity (Wildman–Crippen MR) is 106 cm³/mol. The van der Waals surface area contributed by atoms with Gasteiger partial charge in [-0.15, -0.1) is 0 Å². The molecule has 1 heterocycles. The summed E-state index contributed by atoms with van der Waals surface area (Å²) in [7, 11) is 1.69. The van der Waals surface area contributed by atoms with Crippen LogP contribution in [-0.2, 0) is 22.6 Å². The van der Waals surface area contributed by atoms with Crippen molar-refractivity contribution in [3.05, 3.63) is 89.7 Å². The number of benzene rings is 2. The van der Waals surface area contributed by atoms with Crippen molar-refractivity contribution in [3.8, 4) is 0 Å². The molecule has 6 nitrogen and oxygen atoms in total. The maximum Gasteiger partial charge on any atom is 0.342 e. The van der Waals surface area contributed by atoms with E-state index >= 15 is 0 Å². The summed E-state index contributed by atoms with van der Waals surface area (Å²) >= 11 is 0. The number of carbonyl (C=O) groups excluding carboxylic acids is 2. The van der Waals surface area contributed by atoms with E-state index in [1.807, 2.05) is 60.7 Å². The molecule has 28 heavy (non-hydrogen) atoms. The van der Waals surface area contributed by atoms with Crippen molar-refractivity contribution in [2.45, 2.75) is 26.1 Å². The highest BCUT2D eigenvalue weighted by Gasteiger charge is 2.23. The zero-order valence-corrected chi connectivity index (χ0v) is 16.0. The van der Waals surface area contributed by atoms with Crippen LogP contribution in [0.5, 0.6) is 0 Å². The molecule has 0 aliphatic carbocycles. The van der Waals surface area contributed by atoms with E-state index < -0.39 is 12.1 Å². The van der Waals surface area contributed by atoms with Gasteiger partial charge in [0.25, 0.3) is 5.91 Å². The van der Waals surface area contributed by atoms with E-state index in [-0.39, 0.29) is 5.91 Å².